The van der Waals surface area contributed by atoms with Gasteiger partial charge in [0.05, 0.1) is 16.7 Å². The highest BCUT2D eigenvalue weighted by Crippen LogP contribution is 2.33. The Morgan fingerprint density at radius 3 is 2.55 bits per heavy atom. The molecule has 1 saturated carbocycles. The van der Waals surface area contributed by atoms with Gasteiger partial charge in [0, 0.05) is 29.3 Å². The SMILES string of the molecule is COC1CCC(Nc2cc([N+](=O)[O-])c(C)cc2Br)CC1. The average molecular weight is 343 g/mol. The Morgan fingerprint density at radius 2 is 2.00 bits per heavy atom. The van der Waals surface area contributed by atoms with E-state index in [0.717, 1.165) is 35.8 Å². The standard InChI is InChI=1S/C14H19BrN2O3/c1-9-7-12(15)13(8-14(9)17(18)19)16-10-3-5-11(20-2)6-4-10/h7-8,10-11,16H,3-6H2,1-2H3. The summed E-state index contributed by atoms with van der Waals surface area (Å²) >= 11 is 3.47. The quantitative estimate of drug-likeness (QED) is 0.662. The lowest BCUT2D eigenvalue weighted by Gasteiger charge is -2.29. The van der Waals surface area contributed by atoms with Crippen molar-refractivity contribution in [1.82, 2.24) is 0 Å². The number of benzene rings is 1. The van der Waals surface area contributed by atoms with Crippen LogP contribution >= 0.6 is 15.9 Å². The van der Waals surface area contributed by atoms with E-state index in [1.807, 2.05) is 0 Å². The van der Waals surface area contributed by atoms with E-state index in [2.05, 4.69) is 21.2 Å². The Balaban J connectivity index is 2.10. The number of methoxy groups -OCH3 is 1. The van der Waals surface area contributed by atoms with Crippen molar-refractivity contribution < 1.29 is 9.66 Å². The Kier molecular flexibility index (Phi) is 4.99. The van der Waals surface area contributed by atoms with Crippen LogP contribution in [0.4, 0.5) is 11.4 Å². The number of halogens is 1. The lowest BCUT2D eigenvalue weighted by atomic mass is 9.93. The van der Waals surface area contributed by atoms with Crippen molar-refractivity contribution in [2.24, 2.45) is 0 Å². The van der Waals surface area contributed by atoms with Gasteiger partial charge in [0.1, 0.15) is 0 Å². The first-order valence-electron chi connectivity index (χ1n) is 6.75. The van der Waals surface area contributed by atoms with Gasteiger partial charge in [-0.2, -0.15) is 0 Å². The maximum Gasteiger partial charge on any atom is 0.274 e. The summed E-state index contributed by atoms with van der Waals surface area (Å²) in [6.07, 6.45) is 4.45. The summed E-state index contributed by atoms with van der Waals surface area (Å²) in [6.45, 7) is 1.75. The molecule has 5 nitrogen and oxygen atoms in total. The van der Waals surface area contributed by atoms with Gasteiger partial charge < -0.3 is 10.1 Å². The van der Waals surface area contributed by atoms with Crippen molar-refractivity contribution in [3.8, 4) is 0 Å². The number of rotatable bonds is 4. The largest absolute Gasteiger partial charge is 0.381 e. The highest BCUT2D eigenvalue weighted by molar-refractivity contribution is 9.10. The highest BCUT2D eigenvalue weighted by Gasteiger charge is 2.22. The van der Waals surface area contributed by atoms with Gasteiger partial charge in [0.2, 0.25) is 0 Å². The molecule has 0 radical (unpaired) electrons. The zero-order valence-corrected chi connectivity index (χ0v) is 13.3. The summed E-state index contributed by atoms with van der Waals surface area (Å²) in [4.78, 5) is 10.7. The molecular formula is C14H19BrN2O3. The van der Waals surface area contributed by atoms with E-state index in [1.165, 1.54) is 0 Å². The normalized spacial score (nSPS) is 22.6. The van der Waals surface area contributed by atoms with Crippen molar-refractivity contribution in [2.75, 3.05) is 12.4 Å². The van der Waals surface area contributed by atoms with Crippen LogP contribution in [0.2, 0.25) is 0 Å². The van der Waals surface area contributed by atoms with Crippen LogP contribution in [0.3, 0.4) is 0 Å². The molecule has 1 aromatic carbocycles. The van der Waals surface area contributed by atoms with Gasteiger partial charge in [-0.05, 0) is 54.6 Å². The molecule has 0 unspecified atom stereocenters. The molecule has 0 aliphatic heterocycles. The van der Waals surface area contributed by atoms with Crippen molar-refractivity contribution >= 4 is 27.3 Å². The molecule has 1 aromatic rings. The van der Waals surface area contributed by atoms with Crippen LogP contribution < -0.4 is 5.32 Å². The number of hydrogen-bond donors (Lipinski definition) is 1. The molecule has 0 amide bonds. The minimum atomic E-state index is -0.339. The number of hydrogen-bond acceptors (Lipinski definition) is 4. The maximum atomic E-state index is 11.0. The first-order valence-corrected chi connectivity index (χ1v) is 7.54. The van der Waals surface area contributed by atoms with Gasteiger partial charge >= 0.3 is 0 Å². The summed E-state index contributed by atoms with van der Waals surface area (Å²) in [7, 11) is 1.75. The molecule has 1 fully saturated rings. The van der Waals surface area contributed by atoms with Crippen LogP contribution in [-0.2, 0) is 4.74 Å². The third-order valence-electron chi connectivity index (χ3n) is 3.85. The molecule has 0 heterocycles. The number of aryl methyl sites for hydroxylation is 1. The van der Waals surface area contributed by atoms with E-state index < -0.39 is 0 Å². The molecule has 0 atom stereocenters. The second-order valence-electron chi connectivity index (χ2n) is 5.23. The number of ether oxygens (including phenoxy) is 1. The van der Waals surface area contributed by atoms with E-state index in [1.54, 1.807) is 26.2 Å². The number of nitro benzene ring substituents is 1. The lowest BCUT2D eigenvalue weighted by molar-refractivity contribution is -0.385. The third kappa shape index (κ3) is 3.49. The second-order valence-corrected chi connectivity index (χ2v) is 6.08. The molecule has 0 spiro atoms. The Hall–Kier alpha value is -1.14. The van der Waals surface area contributed by atoms with Gasteiger partial charge in [-0.1, -0.05) is 0 Å². The monoisotopic (exact) mass is 342 g/mol. The fraction of sp³-hybridized carbons (Fsp3) is 0.571. The van der Waals surface area contributed by atoms with Crippen molar-refractivity contribution in [2.45, 2.75) is 44.8 Å². The Bertz CT molecular complexity index is 499. The van der Waals surface area contributed by atoms with Crippen LogP contribution in [0.15, 0.2) is 16.6 Å². The summed E-state index contributed by atoms with van der Waals surface area (Å²) in [5.41, 5.74) is 1.61. The van der Waals surface area contributed by atoms with Gasteiger partial charge in [0.25, 0.3) is 5.69 Å². The minimum Gasteiger partial charge on any atom is -0.381 e. The number of nitrogens with one attached hydrogen (secondary N) is 1. The van der Waals surface area contributed by atoms with Gasteiger partial charge in [0.15, 0.2) is 0 Å². The molecule has 20 heavy (non-hydrogen) atoms. The topological polar surface area (TPSA) is 64.4 Å². The lowest BCUT2D eigenvalue weighted by Crippen LogP contribution is -2.29. The summed E-state index contributed by atoms with van der Waals surface area (Å²) < 4.78 is 6.22. The van der Waals surface area contributed by atoms with Crippen molar-refractivity contribution in [3.63, 3.8) is 0 Å². The molecule has 1 N–H and O–H groups in total. The predicted octanol–water partition coefficient (Wildman–Crippen LogP) is 4.04. The zero-order valence-electron chi connectivity index (χ0n) is 11.7. The first kappa shape index (κ1) is 15.3. The van der Waals surface area contributed by atoms with Crippen molar-refractivity contribution in [3.05, 3.63) is 32.3 Å². The van der Waals surface area contributed by atoms with Gasteiger partial charge in [-0.15, -0.1) is 0 Å². The smallest absolute Gasteiger partial charge is 0.274 e. The molecule has 1 aliphatic carbocycles. The van der Waals surface area contributed by atoms with Crippen molar-refractivity contribution in [1.29, 1.82) is 0 Å². The number of nitro groups is 1. The fourth-order valence-electron chi connectivity index (χ4n) is 2.63. The van der Waals surface area contributed by atoms with Crippen LogP contribution in [0.25, 0.3) is 0 Å². The van der Waals surface area contributed by atoms with Gasteiger partial charge in [-0.3, -0.25) is 10.1 Å². The van der Waals surface area contributed by atoms with E-state index in [4.69, 9.17) is 4.74 Å². The average Bonchev–Trinajstić information content (AvgIpc) is 2.42. The highest BCUT2D eigenvalue weighted by atomic mass is 79.9. The third-order valence-corrected chi connectivity index (χ3v) is 4.51. The summed E-state index contributed by atoms with van der Waals surface area (Å²) in [5.74, 6) is 0. The minimum absolute atomic E-state index is 0.154. The zero-order chi connectivity index (χ0) is 14.7. The summed E-state index contributed by atoms with van der Waals surface area (Å²) in [6, 6.07) is 3.75. The van der Waals surface area contributed by atoms with Crippen LogP contribution in [0.1, 0.15) is 31.2 Å². The van der Waals surface area contributed by atoms with E-state index in [9.17, 15) is 10.1 Å². The Morgan fingerprint density at radius 1 is 1.35 bits per heavy atom. The molecular weight excluding hydrogens is 324 g/mol. The molecule has 110 valence electrons. The molecule has 1 aliphatic rings. The predicted molar refractivity (Wildman–Crippen MR) is 82.2 cm³/mol. The molecule has 0 saturated heterocycles. The van der Waals surface area contributed by atoms with Crippen LogP contribution in [-0.4, -0.2) is 24.2 Å². The molecule has 0 bridgehead atoms. The number of anilines is 1. The fourth-order valence-corrected chi connectivity index (χ4v) is 3.20. The Labute approximate surface area is 127 Å². The number of nitrogens with zero attached hydrogens (tertiary/aromatic N) is 1. The van der Waals surface area contributed by atoms with E-state index in [0.29, 0.717) is 17.7 Å². The van der Waals surface area contributed by atoms with E-state index >= 15 is 0 Å². The van der Waals surface area contributed by atoms with Crippen LogP contribution in [0.5, 0.6) is 0 Å². The summed E-state index contributed by atoms with van der Waals surface area (Å²) in [5, 5.41) is 14.4. The molecule has 0 aromatic heterocycles. The molecule has 6 heteroatoms. The maximum absolute atomic E-state index is 11.0. The van der Waals surface area contributed by atoms with E-state index in [-0.39, 0.29) is 10.6 Å². The van der Waals surface area contributed by atoms with Crippen LogP contribution in [0, 0.1) is 17.0 Å². The second kappa shape index (κ2) is 6.54. The first-order chi connectivity index (χ1) is 9.51. The molecule has 2 rings (SSSR count). The van der Waals surface area contributed by atoms with Gasteiger partial charge in [-0.25, -0.2) is 0 Å².